The molecule has 5 nitrogen and oxygen atoms in total. The maximum absolute atomic E-state index is 13.5. The summed E-state index contributed by atoms with van der Waals surface area (Å²) in [4.78, 5) is 28.6. The molecule has 3 aromatic rings. The van der Waals surface area contributed by atoms with E-state index >= 15 is 0 Å². The Morgan fingerprint density at radius 1 is 0.750 bits per heavy atom. The number of ether oxygens (including phenoxy) is 1. The zero-order valence-corrected chi connectivity index (χ0v) is 24.3. The van der Waals surface area contributed by atoms with Gasteiger partial charge >= 0.3 is 0 Å². The Hall–Kier alpha value is -3.64. The molecule has 0 bridgehead atoms. The van der Waals surface area contributed by atoms with Crippen molar-refractivity contribution in [3.8, 4) is 16.2 Å². The fourth-order valence-corrected chi connectivity index (χ4v) is 6.94. The van der Waals surface area contributed by atoms with Crippen molar-refractivity contribution < 1.29 is 24.5 Å². The van der Waals surface area contributed by atoms with Gasteiger partial charge in [-0.3, -0.25) is 9.59 Å². The first-order chi connectivity index (χ1) is 18.9. The van der Waals surface area contributed by atoms with Gasteiger partial charge in [-0.1, -0.05) is 58.0 Å². The average molecular weight is 557 g/mol. The van der Waals surface area contributed by atoms with Gasteiger partial charge in [0.15, 0.2) is 11.6 Å². The van der Waals surface area contributed by atoms with Crippen molar-refractivity contribution >= 4 is 22.9 Å². The minimum Gasteiger partial charge on any atom is -0.512 e. The van der Waals surface area contributed by atoms with Crippen LogP contribution in [0.5, 0.6) is 5.75 Å². The number of ketones is 2. The van der Waals surface area contributed by atoms with Crippen LogP contribution in [0.3, 0.4) is 0 Å². The van der Waals surface area contributed by atoms with Crippen molar-refractivity contribution in [2.24, 2.45) is 10.8 Å². The predicted molar refractivity (Wildman–Crippen MR) is 159 cm³/mol. The second kappa shape index (κ2) is 10.7. The standard InChI is InChI=1S/C34H36O5S/c1-33(2)16-24(35)30(25(36)17-33)32(31-26(37)18-34(3,4)19-27(31)38)29-15-14-28(40-29)22-10-12-23(13-11-22)39-20-21-8-6-5-7-9-21/h5-15,32,35,37H,16-20H2,1-4H3. The molecule has 208 valence electrons. The van der Waals surface area contributed by atoms with Gasteiger partial charge in [0, 0.05) is 46.6 Å². The van der Waals surface area contributed by atoms with Gasteiger partial charge in [-0.15, -0.1) is 11.3 Å². The molecule has 2 aliphatic carbocycles. The van der Waals surface area contributed by atoms with Gasteiger partial charge in [-0.2, -0.15) is 0 Å². The van der Waals surface area contributed by atoms with Crippen molar-refractivity contribution in [1.29, 1.82) is 0 Å². The molecule has 6 heteroatoms. The summed E-state index contributed by atoms with van der Waals surface area (Å²) in [5.74, 6) is -0.353. The molecule has 0 radical (unpaired) electrons. The highest BCUT2D eigenvalue weighted by molar-refractivity contribution is 7.15. The van der Waals surface area contributed by atoms with Gasteiger partial charge in [0.25, 0.3) is 0 Å². The van der Waals surface area contributed by atoms with E-state index < -0.39 is 5.92 Å². The molecule has 5 rings (SSSR count). The van der Waals surface area contributed by atoms with Gasteiger partial charge in [-0.25, -0.2) is 0 Å². The number of benzene rings is 2. The lowest BCUT2D eigenvalue weighted by molar-refractivity contribution is -0.119. The third-order valence-corrected chi connectivity index (χ3v) is 8.87. The number of hydrogen-bond donors (Lipinski definition) is 2. The zero-order chi connectivity index (χ0) is 28.7. The average Bonchev–Trinajstić information content (AvgIpc) is 3.35. The number of allylic oxidation sites excluding steroid dienone is 4. The molecule has 0 aliphatic heterocycles. The lowest BCUT2D eigenvalue weighted by atomic mass is 9.68. The first kappa shape index (κ1) is 27.9. The van der Waals surface area contributed by atoms with Crippen LogP contribution in [0.1, 0.15) is 69.7 Å². The highest BCUT2D eigenvalue weighted by Gasteiger charge is 2.44. The minimum absolute atomic E-state index is 0.0130. The first-order valence-corrected chi connectivity index (χ1v) is 14.5. The Balaban J connectivity index is 1.48. The molecule has 1 heterocycles. The van der Waals surface area contributed by atoms with Crippen molar-refractivity contribution in [2.75, 3.05) is 0 Å². The first-order valence-electron chi connectivity index (χ1n) is 13.7. The van der Waals surface area contributed by atoms with Crippen LogP contribution in [0.2, 0.25) is 0 Å². The smallest absolute Gasteiger partial charge is 0.163 e. The van der Waals surface area contributed by atoms with Crippen LogP contribution in [-0.4, -0.2) is 21.8 Å². The van der Waals surface area contributed by atoms with Gasteiger partial charge in [-0.05, 0) is 58.4 Å². The Kier molecular flexibility index (Phi) is 7.49. The van der Waals surface area contributed by atoms with Gasteiger partial charge < -0.3 is 14.9 Å². The number of aliphatic hydroxyl groups is 2. The van der Waals surface area contributed by atoms with E-state index in [0.717, 1.165) is 26.6 Å². The zero-order valence-electron chi connectivity index (χ0n) is 23.5. The SMILES string of the molecule is CC1(C)CC(=O)C(C(C2=C(O)CC(C)(C)CC2=O)c2ccc(-c3ccc(OCc4ccccc4)cc3)s2)=C(O)C1. The van der Waals surface area contributed by atoms with E-state index in [2.05, 4.69) is 0 Å². The number of thiophene rings is 1. The van der Waals surface area contributed by atoms with E-state index in [9.17, 15) is 19.8 Å². The molecule has 2 aromatic carbocycles. The van der Waals surface area contributed by atoms with Gasteiger partial charge in [0.2, 0.25) is 0 Å². The summed E-state index contributed by atoms with van der Waals surface area (Å²) >= 11 is 1.47. The number of carbonyl (C=O) groups excluding carboxylic acids is 2. The lowest BCUT2D eigenvalue weighted by Crippen LogP contribution is -2.33. The summed E-state index contributed by atoms with van der Waals surface area (Å²) in [7, 11) is 0. The van der Waals surface area contributed by atoms with Crippen molar-refractivity contribution in [1.82, 2.24) is 0 Å². The topological polar surface area (TPSA) is 83.8 Å². The van der Waals surface area contributed by atoms with E-state index in [4.69, 9.17) is 4.74 Å². The van der Waals surface area contributed by atoms with Crippen LogP contribution in [0, 0.1) is 10.8 Å². The number of rotatable bonds is 7. The van der Waals surface area contributed by atoms with Crippen molar-refractivity contribution in [3.05, 3.63) is 99.8 Å². The van der Waals surface area contributed by atoms with Crippen LogP contribution in [0.25, 0.3) is 10.4 Å². The molecule has 40 heavy (non-hydrogen) atoms. The summed E-state index contributed by atoms with van der Waals surface area (Å²) in [6.45, 7) is 8.30. The number of hydrogen-bond acceptors (Lipinski definition) is 6. The van der Waals surface area contributed by atoms with Crippen LogP contribution < -0.4 is 4.74 Å². The third kappa shape index (κ3) is 5.92. The molecule has 0 atom stereocenters. The molecular weight excluding hydrogens is 520 g/mol. The van der Waals surface area contributed by atoms with Crippen LogP contribution in [0.4, 0.5) is 0 Å². The summed E-state index contributed by atoms with van der Waals surface area (Å²) in [5, 5.41) is 22.3. The normalized spacial score (nSPS) is 18.9. The predicted octanol–water partition coefficient (Wildman–Crippen LogP) is 8.48. The summed E-state index contributed by atoms with van der Waals surface area (Å²) < 4.78 is 5.93. The van der Waals surface area contributed by atoms with E-state index in [1.165, 1.54) is 11.3 Å². The Bertz CT molecular complexity index is 1440. The van der Waals surface area contributed by atoms with Crippen molar-refractivity contribution in [2.45, 2.75) is 65.9 Å². The Labute approximate surface area is 239 Å². The number of carbonyl (C=O) groups is 2. The Morgan fingerprint density at radius 3 is 1.82 bits per heavy atom. The molecule has 0 amide bonds. The van der Waals surface area contributed by atoms with E-state index in [0.29, 0.717) is 19.4 Å². The number of Topliss-reactive ketones (excluding diaryl/α,β-unsaturated/α-hetero) is 2. The second-order valence-electron chi connectivity index (χ2n) is 12.5. The maximum Gasteiger partial charge on any atom is 0.163 e. The molecule has 0 spiro atoms. The van der Waals surface area contributed by atoms with Crippen LogP contribution in [-0.2, 0) is 16.2 Å². The van der Waals surface area contributed by atoms with Crippen molar-refractivity contribution in [3.63, 3.8) is 0 Å². The number of aliphatic hydroxyl groups excluding tert-OH is 2. The lowest BCUT2D eigenvalue weighted by Gasteiger charge is -2.36. The molecule has 1 aromatic heterocycles. The van der Waals surface area contributed by atoms with Crippen LogP contribution in [0.15, 0.2) is 89.4 Å². The van der Waals surface area contributed by atoms with Crippen LogP contribution >= 0.6 is 11.3 Å². The second-order valence-corrected chi connectivity index (χ2v) is 13.7. The summed E-state index contributed by atoms with van der Waals surface area (Å²) in [6.07, 6.45) is 1.25. The fourth-order valence-electron chi connectivity index (χ4n) is 5.81. The maximum atomic E-state index is 13.5. The molecular formula is C34H36O5S. The van der Waals surface area contributed by atoms with E-state index in [1.54, 1.807) is 0 Å². The minimum atomic E-state index is -0.792. The third-order valence-electron chi connectivity index (χ3n) is 7.67. The molecule has 0 saturated carbocycles. The molecule has 2 aliphatic rings. The highest BCUT2D eigenvalue weighted by Crippen LogP contribution is 2.49. The van der Waals surface area contributed by atoms with E-state index in [1.807, 2.05) is 94.4 Å². The largest absolute Gasteiger partial charge is 0.512 e. The quantitative estimate of drug-likeness (QED) is 0.305. The molecule has 0 unspecified atom stereocenters. The highest BCUT2D eigenvalue weighted by atomic mass is 32.1. The fraction of sp³-hybridized carbons (Fsp3) is 0.353. The molecule has 0 fully saturated rings. The monoisotopic (exact) mass is 556 g/mol. The molecule has 0 saturated heterocycles. The summed E-state index contributed by atoms with van der Waals surface area (Å²) in [6, 6.07) is 21.7. The Morgan fingerprint density at radius 2 is 1.30 bits per heavy atom. The molecule has 2 N–H and O–H groups in total. The van der Waals surface area contributed by atoms with Gasteiger partial charge in [0.1, 0.15) is 23.9 Å². The van der Waals surface area contributed by atoms with Gasteiger partial charge in [0.05, 0.1) is 5.92 Å². The summed E-state index contributed by atoms with van der Waals surface area (Å²) in [5.41, 5.74) is 1.83. The van der Waals surface area contributed by atoms with E-state index in [-0.39, 0.29) is 57.9 Å².